The van der Waals surface area contributed by atoms with Gasteiger partial charge in [0.2, 0.25) is 0 Å². The van der Waals surface area contributed by atoms with Crippen LogP contribution < -0.4 is 4.90 Å². The molecule has 0 aromatic carbocycles. The molecule has 0 bridgehead atoms. The number of halogens is 2. The normalized spacial score (nSPS) is 15.6. The van der Waals surface area contributed by atoms with E-state index >= 15 is 0 Å². The van der Waals surface area contributed by atoms with Crippen molar-refractivity contribution in [2.75, 3.05) is 16.8 Å². The first kappa shape index (κ1) is 10.4. The number of nitrogens with zero attached hydrogens (tertiary/aromatic N) is 2. The van der Waals surface area contributed by atoms with Crippen LogP contribution in [0.5, 0.6) is 0 Å². The molecule has 0 radical (unpaired) electrons. The summed E-state index contributed by atoms with van der Waals surface area (Å²) >= 11 is 7.04. The van der Waals surface area contributed by atoms with Gasteiger partial charge in [-0.1, -0.05) is 15.9 Å². The lowest BCUT2D eigenvalue weighted by atomic mass is 10.3. The molecular formula is C10H12Br2N2. The van der Waals surface area contributed by atoms with Gasteiger partial charge in [-0.25, -0.2) is 0 Å². The first-order valence-corrected chi connectivity index (χ1v) is 6.66. The predicted octanol–water partition coefficient (Wildman–Crippen LogP) is 3.21. The van der Waals surface area contributed by atoms with Crippen LogP contribution in [0.1, 0.15) is 12.8 Å². The van der Waals surface area contributed by atoms with Crippen molar-refractivity contribution in [1.82, 2.24) is 4.98 Å². The first-order chi connectivity index (χ1) is 6.83. The number of anilines is 1. The number of pyridine rings is 1. The molecular weight excluding hydrogens is 308 g/mol. The molecule has 0 amide bonds. The number of hydrogen-bond acceptors (Lipinski definition) is 2. The summed E-state index contributed by atoms with van der Waals surface area (Å²) in [6.45, 7) is 1.06. The minimum Gasteiger partial charge on any atom is -0.367 e. The van der Waals surface area contributed by atoms with Crippen LogP contribution in [0.4, 0.5) is 5.69 Å². The molecule has 1 aliphatic carbocycles. The van der Waals surface area contributed by atoms with E-state index in [4.69, 9.17) is 0 Å². The smallest absolute Gasteiger partial charge is 0.0592 e. The zero-order chi connectivity index (χ0) is 9.97. The van der Waals surface area contributed by atoms with Crippen LogP contribution in [0.2, 0.25) is 0 Å². The van der Waals surface area contributed by atoms with Gasteiger partial charge in [0, 0.05) is 30.3 Å². The SMILES string of the molecule is BrCCN(c1ccncc1Br)C1CC1. The third kappa shape index (κ3) is 2.28. The zero-order valence-corrected chi connectivity index (χ0v) is 11.0. The van der Waals surface area contributed by atoms with Crippen molar-refractivity contribution in [3.8, 4) is 0 Å². The molecule has 0 aliphatic heterocycles. The summed E-state index contributed by atoms with van der Waals surface area (Å²) in [5.74, 6) is 0. The second-order valence-corrected chi connectivity index (χ2v) is 5.09. The van der Waals surface area contributed by atoms with Crippen molar-refractivity contribution in [3.05, 3.63) is 22.9 Å². The van der Waals surface area contributed by atoms with Crippen LogP contribution in [0.15, 0.2) is 22.9 Å². The lowest BCUT2D eigenvalue weighted by molar-refractivity contribution is 0.830. The van der Waals surface area contributed by atoms with Gasteiger partial charge in [-0.15, -0.1) is 0 Å². The molecule has 0 N–H and O–H groups in total. The molecule has 1 aliphatic rings. The summed E-state index contributed by atoms with van der Waals surface area (Å²) in [5, 5.41) is 1.01. The summed E-state index contributed by atoms with van der Waals surface area (Å²) < 4.78 is 1.09. The van der Waals surface area contributed by atoms with Crippen molar-refractivity contribution in [1.29, 1.82) is 0 Å². The van der Waals surface area contributed by atoms with Crippen molar-refractivity contribution >= 4 is 37.5 Å². The van der Waals surface area contributed by atoms with Crippen molar-refractivity contribution in [3.63, 3.8) is 0 Å². The Morgan fingerprint density at radius 3 is 2.86 bits per heavy atom. The molecule has 1 aromatic heterocycles. The molecule has 1 saturated carbocycles. The monoisotopic (exact) mass is 318 g/mol. The van der Waals surface area contributed by atoms with Gasteiger partial charge in [0.1, 0.15) is 0 Å². The molecule has 0 unspecified atom stereocenters. The van der Waals surface area contributed by atoms with Gasteiger partial charge in [-0.05, 0) is 34.8 Å². The van der Waals surface area contributed by atoms with E-state index in [-0.39, 0.29) is 0 Å². The van der Waals surface area contributed by atoms with Gasteiger partial charge >= 0.3 is 0 Å². The van der Waals surface area contributed by atoms with Crippen LogP contribution in [-0.4, -0.2) is 22.9 Å². The first-order valence-electron chi connectivity index (χ1n) is 4.75. The second-order valence-electron chi connectivity index (χ2n) is 3.44. The fraction of sp³-hybridized carbons (Fsp3) is 0.500. The Morgan fingerprint density at radius 2 is 2.29 bits per heavy atom. The Labute approximate surface area is 101 Å². The minimum absolute atomic E-state index is 0.742. The van der Waals surface area contributed by atoms with E-state index < -0.39 is 0 Å². The van der Waals surface area contributed by atoms with Gasteiger partial charge in [-0.3, -0.25) is 4.98 Å². The number of alkyl halides is 1. The zero-order valence-electron chi connectivity index (χ0n) is 7.79. The summed E-state index contributed by atoms with van der Waals surface area (Å²) in [6, 6.07) is 2.82. The highest BCUT2D eigenvalue weighted by Crippen LogP contribution is 2.35. The number of rotatable bonds is 4. The van der Waals surface area contributed by atoms with Gasteiger partial charge in [0.15, 0.2) is 0 Å². The Morgan fingerprint density at radius 1 is 1.50 bits per heavy atom. The standard InChI is InChI=1S/C10H12Br2N2/c11-4-6-14(8-1-2-8)10-3-5-13-7-9(10)12/h3,5,7-8H,1-2,4,6H2. The van der Waals surface area contributed by atoms with E-state index in [0.717, 1.165) is 22.4 Å². The van der Waals surface area contributed by atoms with Crippen LogP contribution in [0.3, 0.4) is 0 Å². The molecule has 0 spiro atoms. The van der Waals surface area contributed by atoms with Gasteiger partial charge < -0.3 is 4.90 Å². The molecule has 2 nitrogen and oxygen atoms in total. The van der Waals surface area contributed by atoms with Crippen molar-refractivity contribution in [2.24, 2.45) is 0 Å². The molecule has 1 fully saturated rings. The van der Waals surface area contributed by atoms with E-state index in [2.05, 4.69) is 47.8 Å². The summed E-state index contributed by atoms with van der Waals surface area (Å²) in [7, 11) is 0. The maximum absolute atomic E-state index is 4.08. The fourth-order valence-corrected chi connectivity index (χ4v) is 2.44. The highest BCUT2D eigenvalue weighted by atomic mass is 79.9. The predicted molar refractivity (Wildman–Crippen MR) is 66.1 cm³/mol. The summed E-state index contributed by atoms with van der Waals surface area (Å²) in [5.41, 5.74) is 1.27. The average molecular weight is 320 g/mol. The van der Waals surface area contributed by atoms with E-state index in [9.17, 15) is 0 Å². The third-order valence-electron chi connectivity index (χ3n) is 2.37. The highest BCUT2D eigenvalue weighted by Gasteiger charge is 2.29. The topological polar surface area (TPSA) is 16.1 Å². The third-order valence-corrected chi connectivity index (χ3v) is 3.34. The van der Waals surface area contributed by atoms with Crippen LogP contribution >= 0.6 is 31.9 Å². The molecule has 0 atom stereocenters. The molecule has 0 saturated heterocycles. The van der Waals surface area contributed by atoms with Crippen molar-refractivity contribution < 1.29 is 0 Å². The number of aromatic nitrogens is 1. The lowest BCUT2D eigenvalue weighted by Gasteiger charge is -2.24. The second kappa shape index (κ2) is 4.62. The molecule has 4 heteroatoms. The Hall–Kier alpha value is -0.0900. The largest absolute Gasteiger partial charge is 0.367 e. The van der Waals surface area contributed by atoms with Gasteiger partial charge in [0.05, 0.1) is 10.2 Å². The number of hydrogen-bond donors (Lipinski definition) is 0. The van der Waals surface area contributed by atoms with E-state index in [1.54, 1.807) is 0 Å². The highest BCUT2D eigenvalue weighted by molar-refractivity contribution is 9.10. The van der Waals surface area contributed by atoms with Gasteiger partial charge in [0.25, 0.3) is 0 Å². The molecule has 14 heavy (non-hydrogen) atoms. The maximum Gasteiger partial charge on any atom is 0.0592 e. The Kier molecular flexibility index (Phi) is 3.44. The van der Waals surface area contributed by atoms with Crippen LogP contribution in [-0.2, 0) is 0 Å². The Balaban J connectivity index is 2.21. The Bertz CT molecular complexity index is 313. The fourth-order valence-electron chi connectivity index (χ4n) is 1.58. The quantitative estimate of drug-likeness (QED) is 0.792. The van der Waals surface area contributed by atoms with E-state index in [0.29, 0.717) is 0 Å². The van der Waals surface area contributed by atoms with Crippen molar-refractivity contribution in [2.45, 2.75) is 18.9 Å². The average Bonchev–Trinajstić information content (AvgIpc) is 2.99. The summed E-state index contributed by atoms with van der Waals surface area (Å²) in [4.78, 5) is 6.53. The molecule has 76 valence electrons. The maximum atomic E-state index is 4.08. The molecule has 1 heterocycles. The van der Waals surface area contributed by atoms with E-state index in [1.165, 1.54) is 18.5 Å². The van der Waals surface area contributed by atoms with Crippen LogP contribution in [0.25, 0.3) is 0 Å². The van der Waals surface area contributed by atoms with E-state index in [1.807, 2.05) is 12.4 Å². The summed E-state index contributed by atoms with van der Waals surface area (Å²) in [6.07, 6.45) is 6.35. The van der Waals surface area contributed by atoms with Crippen LogP contribution in [0, 0.1) is 0 Å². The molecule has 1 aromatic rings. The lowest BCUT2D eigenvalue weighted by Crippen LogP contribution is -2.27. The molecule has 2 rings (SSSR count). The minimum atomic E-state index is 0.742. The van der Waals surface area contributed by atoms with Gasteiger partial charge in [-0.2, -0.15) is 0 Å².